The van der Waals surface area contributed by atoms with Crippen LogP contribution in [0.2, 0.25) is 0 Å². The van der Waals surface area contributed by atoms with Gasteiger partial charge in [0.15, 0.2) is 5.69 Å². The van der Waals surface area contributed by atoms with Crippen molar-refractivity contribution >= 4 is 11.6 Å². The molecule has 0 aliphatic heterocycles. The molecule has 0 aliphatic rings. The summed E-state index contributed by atoms with van der Waals surface area (Å²) < 4.78 is 6.70. The maximum atomic E-state index is 11.9. The summed E-state index contributed by atoms with van der Waals surface area (Å²) in [4.78, 5) is 11.9. The van der Waals surface area contributed by atoms with Crippen LogP contribution in [-0.2, 0) is 7.05 Å². The van der Waals surface area contributed by atoms with E-state index >= 15 is 0 Å². The molecule has 2 aromatic rings. The number of amides is 1. The molecule has 1 atom stereocenters. The number of furan rings is 1. The van der Waals surface area contributed by atoms with Gasteiger partial charge in [-0.3, -0.25) is 9.48 Å². The first-order valence-electron chi connectivity index (χ1n) is 5.21. The Morgan fingerprint density at radius 1 is 1.65 bits per heavy atom. The smallest absolute Gasteiger partial charge is 0.274 e. The van der Waals surface area contributed by atoms with Crippen LogP contribution < -0.4 is 11.1 Å². The van der Waals surface area contributed by atoms with Gasteiger partial charge >= 0.3 is 0 Å². The molecule has 90 valence electrons. The van der Waals surface area contributed by atoms with E-state index in [4.69, 9.17) is 10.2 Å². The summed E-state index contributed by atoms with van der Waals surface area (Å²) in [6.07, 6.45) is 3.15. The fourth-order valence-electron chi connectivity index (χ4n) is 1.56. The second-order valence-electron chi connectivity index (χ2n) is 3.82. The van der Waals surface area contributed by atoms with Crippen molar-refractivity contribution in [2.24, 2.45) is 7.05 Å². The highest BCUT2D eigenvalue weighted by Crippen LogP contribution is 2.14. The van der Waals surface area contributed by atoms with Gasteiger partial charge in [-0.1, -0.05) is 0 Å². The van der Waals surface area contributed by atoms with E-state index in [-0.39, 0.29) is 17.6 Å². The van der Waals surface area contributed by atoms with Gasteiger partial charge in [0.25, 0.3) is 5.91 Å². The minimum atomic E-state index is -0.313. The lowest BCUT2D eigenvalue weighted by Gasteiger charge is -2.10. The Hall–Kier alpha value is -2.24. The number of aromatic nitrogens is 2. The third kappa shape index (κ3) is 2.30. The van der Waals surface area contributed by atoms with Gasteiger partial charge in [-0.15, -0.1) is 0 Å². The van der Waals surface area contributed by atoms with Crippen LogP contribution in [0.3, 0.4) is 0 Å². The molecule has 1 unspecified atom stereocenters. The molecule has 0 saturated carbocycles. The molecule has 0 fully saturated rings. The van der Waals surface area contributed by atoms with Crippen molar-refractivity contribution in [2.45, 2.75) is 13.0 Å². The number of hydrogen-bond acceptors (Lipinski definition) is 4. The average molecular weight is 234 g/mol. The first-order valence-corrected chi connectivity index (χ1v) is 5.21. The standard InChI is InChI=1S/C11H14N4O2/c1-7(9-4-3-5-17-9)13-11(16)10-8(12)6-15(2)14-10/h3-7H,12H2,1-2H3,(H,13,16). The lowest BCUT2D eigenvalue weighted by Crippen LogP contribution is -2.27. The van der Waals surface area contributed by atoms with Gasteiger partial charge in [0.1, 0.15) is 5.76 Å². The zero-order chi connectivity index (χ0) is 12.4. The third-order valence-corrected chi connectivity index (χ3v) is 2.39. The van der Waals surface area contributed by atoms with E-state index in [1.807, 2.05) is 6.92 Å². The van der Waals surface area contributed by atoms with E-state index in [1.54, 1.807) is 31.6 Å². The average Bonchev–Trinajstić information content (AvgIpc) is 2.87. The van der Waals surface area contributed by atoms with E-state index in [0.717, 1.165) is 0 Å². The van der Waals surface area contributed by atoms with Crippen LogP contribution >= 0.6 is 0 Å². The summed E-state index contributed by atoms with van der Waals surface area (Å²) in [5.74, 6) is 0.375. The second kappa shape index (κ2) is 4.32. The van der Waals surface area contributed by atoms with Gasteiger partial charge < -0.3 is 15.5 Å². The highest BCUT2D eigenvalue weighted by Gasteiger charge is 2.17. The van der Waals surface area contributed by atoms with Crippen molar-refractivity contribution in [1.82, 2.24) is 15.1 Å². The number of nitrogens with two attached hydrogens (primary N) is 1. The molecule has 17 heavy (non-hydrogen) atoms. The molecule has 0 spiro atoms. The topological polar surface area (TPSA) is 86.1 Å². The molecule has 0 saturated heterocycles. The number of anilines is 1. The Morgan fingerprint density at radius 3 is 2.94 bits per heavy atom. The Labute approximate surface area is 98.4 Å². The molecule has 0 aliphatic carbocycles. The van der Waals surface area contributed by atoms with Gasteiger partial charge in [0.05, 0.1) is 18.0 Å². The molecule has 3 N–H and O–H groups in total. The Bertz CT molecular complexity index is 516. The number of nitrogen functional groups attached to an aromatic ring is 1. The van der Waals surface area contributed by atoms with Crippen molar-refractivity contribution in [2.75, 3.05) is 5.73 Å². The van der Waals surface area contributed by atoms with Gasteiger partial charge in [0.2, 0.25) is 0 Å². The zero-order valence-corrected chi connectivity index (χ0v) is 9.68. The SMILES string of the molecule is CC(NC(=O)c1nn(C)cc1N)c1ccco1. The highest BCUT2D eigenvalue weighted by atomic mass is 16.3. The van der Waals surface area contributed by atoms with Crippen molar-refractivity contribution in [3.63, 3.8) is 0 Å². The Morgan fingerprint density at radius 2 is 2.41 bits per heavy atom. The summed E-state index contributed by atoms with van der Waals surface area (Å²) in [6.45, 7) is 1.83. The van der Waals surface area contributed by atoms with Gasteiger partial charge in [0, 0.05) is 13.2 Å². The van der Waals surface area contributed by atoms with Crippen LogP contribution in [0.15, 0.2) is 29.0 Å². The van der Waals surface area contributed by atoms with Crippen molar-refractivity contribution < 1.29 is 9.21 Å². The number of carbonyl (C=O) groups excluding carboxylic acids is 1. The lowest BCUT2D eigenvalue weighted by atomic mass is 10.2. The summed E-state index contributed by atoms with van der Waals surface area (Å²) in [5.41, 5.74) is 6.25. The molecule has 2 heterocycles. The molecule has 0 aromatic carbocycles. The van der Waals surface area contributed by atoms with Crippen LogP contribution in [0.25, 0.3) is 0 Å². The molecular formula is C11H14N4O2. The quantitative estimate of drug-likeness (QED) is 0.832. The first kappa shape index (κ1) is 11.3. The van der Waals surface area contributed by atoms with Crippen LogP contribution in [0.4, 0.5) is 5.69 Å². The van der Waals surface area contributed by atoms with Gasteiger partial charge in [-0.25, -0.2) is 0 Å². The Kier molecular flexibility index (Phi) is 2.86. The van der Waals surface area contributed by atoms with Crippen LogP contribution in [0, 0.1) is 0 Å². The van der Waals surface area contributed by atoms with Crippen molar-refractivity contribution in [3.05, 3.63) is 36.0 Å². The van der Waals surface area contributed by atoms with Gasteiger partial charge in [-0.05, 0) is 19.1 Å². The fourth-order valence-corrected chi connectivity index (χ4v) is 1.56. The van der Waals surface area contributed by atoms with Crippen molar-refractivity contribution in [1.29, 1.82) is 0 Å². The second-order valence-corrected chi connectivity index (χ2v) is 3.82. The number of hydrogen-bond donors (Lipinski definition) is 2. The van der Waals surface area contributed by atoms with Crippen LogP contribution in [0.5, 0.6) is 0 Å². The molecule has 1 amide bonds. The normalized spacial score (nSPS) is 12.4. The predicted octanol–water partition coefficient (Wildman–Crippen LogP) is 1.09. The summed E-state index contributed by atoms with van der Waals surface area (Å²) in [6, 6.07) is 3.35. The molecule has 0 bridgehead atoms. The summed E-state index contributed by atoms with van der Waals surface area (Å²) in [5, 5.41) is 6.76. The number of nitrogens with zero attached hydrogens (tertiary/aromatic N) is 2. The maximum absolute atomic E-state index is 11.9. The minimum absolute atomic E-state index is 0.223. The predicted molar refractivity (Wildman–Crippen MR) is 62.2 cm³/mol. The van der Waals surface area contributed by atoms with E-state index in [2.05, 4.69) is 10.4 Å². The van der Waals surface area contributed by atoms with E-state index in [0.29, 0.717) is 11.4 Å². The van der Waals surface area contributed by atoms with E-state index < -0.39 is 0 Å². The molecule has 6 heteroatoms. The van der Waals surface area contributed by atoms with Crippen molar-refractivity contribution in [3.8, 4) is 0 Å². The zero-order valence-electron chi connectivity index (χ0n) is 9.68. The number of rotatable bonds is 3. The van der Waals surface area contributed by atoms with E-state index in [9.17, 15) is 4.79 Å². The molecule has 2 rings (SSSR count). The monoisotopic (exact) mass is 234 g/mol. The number of nitrogens with one attached hydrogen (secondary N) is 1. The minimum Gasteiger partial charge on any atom is -0.467 e. The lowest BCUT2D eigenvalue weighted by molar-refractivity contribution is 0.0930. The maximum Gasteiger partial charge on any atom is 0.274 e. The molecular weight excluding hydrogens is 220 g/mol. The summed E-state index contributed by atoms with van der Waals surface area (Å²) >= 11 is 0. The largest absolute Gasteiger partial charge is 0.467 e. The molecule has 2 aromatic heterocycles. The molecule has 0 radical (unpaired) electrons. The van der Waals surface area contributed by atoms with Crippen LogP contribution in [0.1, 0.15) is 29.2 Å². The Balaban J connectivity index is 2.09. The summed E-state index contributed by atoms with van der Waals surface area (Å²) in [7, 11) is 1.71. The molecule has 6 nitrogen and oxygen atoms in total. The van der Waals surface area contributed by atoms with Gasteiger partial charge in [-0.2, -0.15) is 5.10 Å². The van der Waals surface area contributed by atoms with E-state index in [1.165, 1.54) is 4.68 Å². The third-order valence-electron chi connectivity index (χ3n) is 2.39. The number of aryl methyl sites for hydroxylation is 1. The fraction of sp³-hybridized carbons (Fsp3) is 0.273. The first-order chi connectivity index (χ1) is 8.08. The highest BCUT2D eigenvalue weighted by molar-refractivity contribution is 5.97. The van der Waals surface area contributed by atoms with Crippen LogP contribution in [-0.4, -0.2) is 15.7 Å². The number of carbonyl (C=O) groups is 1.